The number of carbonyl (C=O) groups excluding carboxylic acids is 3. The van der Waals surface area contributed by atoms with Gasteiger partial charge in [-0.2, -0.15) is 0 Å². The van der Waals surface area contributed by atoms with Crippen molar-refractivity contribution in [3.05, 3.63) is 53.1 Å². The summed E-state index contributed by atoms with van der Waals surface area (Å²) >= 11 is 0.977. The summed E-state index contributed by atoms with van der Waals surface area (Å²) in [6, 6.07) is 8.52. The number of rotatable bonds is 6. The Morgan fingerprint density at radius 1 is 1.26 bits per heavy atom. The molecule has 2 aromatic heterocycles. The smallest absolute Gasteiger partial charge is 0.320 e. The maximum Gasteiger partial charge on any atom is 0.320 e. The van der Waals surface area contributed by atoms with E-state index in [-0.39, 0.29) is 17.0 Å². The zero-order chi connectivity index (χ0) is 22.1. The van der Waals surface area contributed by atoms with Gasteiger partial charge in [0, 0.05) is 6.07 Å². The molecule has 2 unspecified atom stereocenters. The van der Waals surface area contributed by atoms with Crippen LogP contribution in [-0.2, 0) is 16.0 Å². The van der Waals surface area contributed by atoms with Gasteiger partial charge in [0.2, 0.25) is 11.8 Å². The summed E-state index contributed by atoms with van der Waals surface area (Å²) in [6.07, 6.45) is 0.412. The molecule has 0 radical (unpaired) electrons. The zero-order valence-corrected chi connectivity index (χ0v) is 17.8. The Morgan fingerprint density at radius 2 is 2.00 bits per heavy atom. The van der Waals surface area contributed by atoms with Gasteiger partial charge in [-0.1, -0.05) is 29.1 Å². The number of nitrogens with zero attached hydrogens (tertiary/aromatic N) is 2. The number of benzene rings is 1. The Bertz CT molecular complexity index is 1150. The van der Waals surface area contributed by atoms with E-state index in [0.717, 1.165) is 17.3 Å². The first-order valence-corrected chi connectivity index (χ1v) is 10.4. The Hall–Kier alpha value is -3.40. The fourth-order valence-corrected chi connectivity index (χ4v) is 4.00. The second kappa shape index (κ2) is 8.38. The number of esters is 1. The first-order chi connectivity index (χ1) is 14.8. The number of nitrogens with one attached hydrogen (secondary N) is 1. The van der Waals surface area contributed by atoms with E-state index in [9.17, 15) is 14.4 Å². The Balaban J connectivity index is 1.40. The molecular formula is C21H19N3O6S. The molecule has 1 N–H and O–H groups in total. The number of hydrogen-bond acceptors (Lipinski definition) is 9. The largest absolute Gasteiger partial charge is 0.440 e. The summed E-state index contributed by atoms with van der Waals surface area (Å²) in [6.45, 7) is 5.17. The van der Waals surface area contributed by atoms with Gasteiger partial charge in [-0.05, 0) is 44.9 Å². The van der Waals surface area contributed by atoms with Crippen LogP contribution in [0.2, 0.25) is 0 Å². The van der Waals surface area contributed by atoms with Gasteiger partial charge in [-0.15, -0.1) is 0 Å². The van der Waals surface area contributed by atoms with Gasteiger partial charge < -0.3 is 13.7 Å². The molecule has 9 nitrogen and oxygen atoms in total. The van der Waals surface area contributed by atoms with Crippen molar-refractivity contribution in [3.8, 4) is 17.3 Å². The van der Waals surface area contributed by atoms with Gasteiger partial charge >= 0.3 is 5.97 Å². The van der Waals surface area contributed by atoms with Crippen LogP contribution in [0.5, 0.6) is 5.75 Å². The van der Waals surface area contributed by atoms with Crippen LogP contribution in [0.3, 0.4) is 0 Å². The monoisotopic (exact) mass is 441 g/mol. The number of ether oxygens (including phenoxy) is 1. The molecule has 4 rings (SSSR count). The van der Waals surface area contributed by atoms with Gasteiger partial charge in [-0.3, -0.25) is 19.7 Å². The molecule has 0 saturated carbocycles. The number of oxazole rings is 1. The van der Waals surface area contributed by atoms with Gasteiger partial charge in [-0.25, -0.2) is 4.98 Å². The van der Waals surface area contributed by atoms with E-state index >= 15 is 0 Å². The third-order valence-electron chi connectivity index (χ3n) is 4.77. The standard InChI is InChI=1S/C21H19N3O6S/c1-10-8-15(24-30-10)19-22-17(12(3)28-19)11(2)20(26)29-14-6-4-13(5-7-14)9-16-18(25)23-21(27)31-16/h4-8,11,16H,9H2,1-3H3,(H,23,25,27). The van der Waals surface area contributed by atoms with Crippen LogP contribution < -0.4 is 10.1 Å². The molecule has 0 spiro atoms. The van der Waals surface area contributed by atoms with Crippen LogP contribution in [0.1, 0.15) is 35.6 Å². The molecule has 3 aromatic rings. The third-order valence-corrected chi connectivity index (χ3v) is 5.75. The Kier molecular flexibility index (Phi) is 5.64. The van der Waals surface area contributed by atoms with Crippen LogP contribution in [0.25, 0.3) is 11.6 Å². The average Bonchev–Trinajstić information content (AvgIpc) is 3.41. The van der Waals surface area contributed by atoms with Crippen LogP contribution in [0.15, 0.2) is 39.3 Å². The number of thioether (sulfide) groups is 1. The predicted octanol–water partition coefficient (Wildman–Crippen LogP) is 3.55. The summed E-state index contributed by atoms with van der Waals surface area (Å²) in [5.41, 5.74) is 1.78. The molecule has 160 valence electrons. The van der Waals surface area contributed by atoms with E-state index in [1.54, 1.807) is 51.1 Å². The normalized spacial score (nSPS) is 16.9. The lowest BCUT2D eigenvalue weighted by molar-refractivity contribution is -0.135. The molecule has 3 heterocycles. The Morgan fingerprint density at radius 3 is 2.61 bits per heavy atom. The Labute approximate surface area is 181 Å². The predicted molar refractivity (Wildman–Crippen MR) is 111 cm³/mol. The van der Waals surface area contributed by atoms with Gasteiger partial charge in [0.15, 0.2) is 5.69 Å². The van der Waals surface area contributed by atoms with Crippen molar-refractivity contribution in [1.29, 1.82) is 0 Å². The summed E-state index contributed by atoms with van der Waals surface area (Å²) in [5.74, 6) is 0.342. The van der Waals surface area contributed by atoms with Crippen molar-refractivity contribution in [1.82, 2.24) is 15.5 Å². The number of aromatic nitrogens is 2. The lowest BCUT2D eigenvalue weighted by Crippen LogP contribution is -2.25. The molecule has 31 heavy (non-hydrogen) atoms. The van der Waals surface area contributed by atoms with E-state index in [2.05, 4.69) is 15.5 Å². The molecule has 1 aliphatic rings. The van der Waals surface area contributed by atoms with E-state index in [1.807, 2.05) is 0 Å². The first-order valence-electron chi connectivity index (χ1n) is 9.53. The SMILES string of the molecule is Cc1cc(-c2nc(C(C)C(=O)Oc3ccc(CC4SC(=O)NC4=O)cc3)c(C)o2)no1. The van der Waals surface area contributed by atoms with Gasteiger partial charge in [0.25, 0.3) is 5.24 Å². The lowest BCUT2D eigenvalue weighted by Gasteiger charge is -2.10. The zero-order valence-electron chi connectivity index (χ0n) is 17.0. The third kappa shape index (κ3) is 4.53. The minimum atomic E-state index is -0.658. The summed E-state index contributed by atoms with van der Waals surface area (Å²) in [5, 5.41) is 5.36. The molecule has 0 aliphatic carbocycles. The summed E-state index contributed by atoms with van der Waals surface area (Å²) < 4.78 is 16.1. The van der Waals surface area contributed by atoms with E-state index < -0.39 is 17.1 Å². The maximum absolute atomic E-state index is 12.6. The molecule has 10 heteroatoms. The van der Waals surface area contributed by atoms with Crippen molar-refractivity contribution in [2.24, 2.45) is 0 Å². The van der Waals surface area contributed by atoms with Crippen LogP contribution in [-0.4, -0.2) is 32.5 Å². The minimum absolute atomic E-state index is 0.278. The minimum Gasteiger partial charge on any atom is -0.440 e. The molecule has 1 aromatic carbocycles. The van der Waals surface area contributed by atoms with Crippen molar-refractivity contribution in [3.63, 3.8) is 0 Å². The van der Waals surface area contributed by atoms with Crippen LogP contribution >= 0.6 is 11.8 Å². The highest BCUT2D eigenvalue weighted by molar-refractivity contribution is 8.15. The second-order valence-electron chi connectivity index (χ2n) is 7.16. The van der Waals surface area contributed by atoms with Crippen molar-refractivity contribution in [2.45, 2.75) is 38.4 Å². The maximum atomic E-state index is 12.6. The second-order valence-corrected chi connectivity index (χ2v) is 8.33. The fraction of sp³-hybridized carbons (Fsp3) is 0.286. The van der Waals surface area contributed by atoms with Crippen molar-refractivity contribution in [2.75, 3.05) is 0 Å². The molecule has 2 atom stereocenters. The highest BCUT2D eigenvalue weighted by Crippen LogP contribution is 2.28. The van der Waals surface area contributed by atoms with E-state index in [0.29, 0.717) is 35.1 Å². The molecular weight excluding hydrogens is 422 g/mol. The van der Waals surface area contributed by atoms with Crippen molar-refractivity contribution < 1.29 is 28.1 Å². The number of imide groups is 1. The van der Waals surface area contributed by atoms with E-state index in [4.69, 9.17) is 13.7 Å². The molecule has 1 aliphatic heterocycles. The summed E-state index contributed by atoms with van der Waals surface area (Å²) in [7, 11) is 0. The number of carbonyl (C=O) groups is 3. The average molecular weight is 441 g/mol. The summed E-state index contributed by atoms with van der Waals surface area (Å²) in [4.78, 5) is 40.0. The number of aryl methyl sites for hydroxylation is 2. The fourth-order valence-electron chi connectivity index (χ4n) is 3.14. The van der Waals surface area contributed by atoms with Crippen LogP contribution in [0.4, 0.5) is 4.79 Å². The van der Waals surface area contributed by atoms with Gasteiger partial charge in [0.05, 0.1) is 10.9 Å². The highest BCUT2D eigenvalue weighted by atomic mass is 32.2. The van der Waals surface area contributed by atoms with Gasteiger partial charge in [0.1, 0.15) is 23.2 Å². The van der Waals surface area contributed by atoms with Crippen LogP contribution in [0, 0.1) is 13.8 Å². The van der Waals surface area contributed by atoms with Crippen molar-refractivity contribution >= 4 is 28.9 Å². The topological polar surface area (TPSA) is 125 Å². The number of amides is 2. The molecule has 0 bridgehead atoms. The molecule has 1 fully saturated rings. The molecule has 1 saturated heterocycles. The lowest BCUT2D eigenvalue weighted by atomic mass is 10.1. The number of hydrogen-bond donors (Lipinski definition) is 1. The molecule has 2 amide bonds. The van der Waals surface area contributed by atoms with E-state index in [1.165, 1.54) is 0 Å². The highest BCUT2D eigenvalue weighted by Gasteiger charge is 2.31. The first kappa shape index (κ1) is 20.9. The quantitative estimate of drug-likeness (QED) is 0.451.